The fraction of sp³-hybridized carbons (Fsp3) is 0.639. The Hall–Kier alpha value is -3.55. The van der Waals surface area contributed by atoms with Crippen LogP contribution in [0.5, 0.6) is 5.75 Å². The summed E-state index contributed by atoms with van der Waals surface area (Å²) in [5, 5.41) is 31.9. The van der Waals surface area contributed by atoms with Gasteiger partial charge in [0.15, 0.2) is 0 Å². The second-order valence-electron chi connectivity index (χ2n) is 13.7. The molecule has 272 valence electrons. The predicted molar refractivity (Wildman–Crippen MR) is 189 cm³/mol. The number of amides is 3. The molecule has 7 atom stereocenters. The molecule has 1 aliphatic heterocycles. The number of phenolic OH excluding ortho intramolecular Hbond substituents is 1. The number of thiazole rings is 1. The van der Waals surface area contributed by atoms with Gasteiger partial charge in [-0.3, -0.25) is 24.1 Å². The third kappa shape index (κ3) is 11.8. The molecule has 0 spiro atoms. The maximum Gasteiger partial charge on any atom is 0.308 e. The molecule has 0 saturated carbocycles. The molecule has 1 aliphatic rings. The second kappa shape index (κ2) is 19.0. The number of nitrogens with one attached hydrogen (secondary N) is 3. The minimum Gasteiger partial charge on any atom is -0.508 e. The highest BCUT2D eigenvalue weighted by atomic mass is 32.1. The molecule has 0 bridgehead atoms. The normalized spacial score (nSPS) is 18.8. The van der Waals surface area contributed by atoms with Gasteiger partial charge in [-0.2, -0.15) is 0 Å². The van der Waals surface area contributed by atoms with Gasteiger partial charge in [-0.05, 0) is 68.8 Å². The molecule has 3 amide bonds. The quantitative estimate of drug-likeness (QED) is 0.153. The minimum absolute atomic E-state index is 0.0310. The van der Waals surface area contributed by atoms with E-state index in [9.17, 15) is 29.4 Å². The topological polar surface area (TPSA) is 170 Å². The molecule has 5 N–H and O–H groups in total. The summed E-state index contributed by atoms with van der Waals surface area (Å²) < 4.78 is 4.88. The summed E-state index contributed by atoms with van der Waals surface area (Å²) in [5.74, 6) is -1.71. The molecule has 1 saturated heterocycles. The molecule has 13 heteroatoms. The number of likely N-dealkylation sites (N-methyl/N-ethyl adjacent to an activating group) is 1. The van der Waals surface area contributed by atoms with E-state index < -0.39 is 36.1 Å². The van der Waals surface area contributed by atoms with E-state index in [4.69, 9.17) is 4.74 Å². The van der Waals surface area contributed by atoms with Gasteiger partial charge < -0.3 is 30.9 Å². The van der Waals surface area contributed by atoms with Crippen LogP contribution in [-0.2, 0) is 25.5 Å². The maximum absolute atomic E-state index is 13.6. The van der Waals surface area contributed by atoms with E-state index in [1.807, 2.05) is 39.6 Å². The van der Waals surface area contributed by atoms with Crippen LogP contribution in [0.15, 0.2) is 29.6 Å². The predicted octanol–water partition coefficient (Wildman–Crippen LogP) is 3.97. The number of piperidine rings is 1. The molecule has 2 heterocycles. The van der Waals surface area contributed by atoms with Gasteiger partial charge in [-0.15, -0.1) is 11.3 Å². The lowest BCUT2D eigenvalue weighted by Gasteiger charge is -2.34. The van der Waals surface area contributed by atoms with Gasteiger partial charge in [-0.1, -0.05) is 59.6 Å². The molecule has 1 unspecified atom stereocenters. The smallest absolute Gasteiger partial charge is 0.308 e. The van der Waals surface area contributed by atoms with Crippen molar-refractivity contribution in [2.45, 2.75) is 110 Å². The third-order valence-electron chi connectivity index (χ3n) is 9.51. The fourth-order valence-corrected chi connectivity index (χ4v) is 6.90. The molecule has 49 heavy (non-hydrogen) atoms. The SMILES string of the molecule is CCC(C)[C@H](NC(=O)[C@H]1CCCCN1C)C(=O)N[C@H](C[C@@H](O)c1nc(C(=O)N[C@@H](Cc2ccc(O)cc2)C[C@H](C)C(=O)OC)cs1)C(C)C. The summed E-state index contributed by atoms with van der Waals surface area (Å²) in [6, 6.07) is 4.83. The number of esters is 1. The van der Waals surface area contributed by atoms with Gasteiger partial charge >= 0.3 is 5.97 Å². The van der Waals surface area contributed by atoms with E-state index in [0.29, 0.717) is 24.3 Å². The summed E-state index contributed by atoms with van der Waals surface area (Å²) in [4.78, 5) is 58.8. The number of likely N-dealkylation sites (tertiary alicyclic amines) is 1. The average Bonchev–Trinajstić information content (AvgIpc) is 3.58. The highest BCUT2D eigenvalue weighted by Gasteiger charge is 2.34. The Morgan fingerprint density at radius 1 is 1.04 bits per heavy atom. The number of aromatic nitrogens is 1. The van der Waals surface area contributed by atoms with Crippen LogP contribution < -0.4 is 16.0 Å². The van der Waals surface area contributed by atoms with Crippen LogP contribution >= 0.6 is 11.3 Å². The maximum atomic E-state index is 13.6. The summed E-state index contributed by atoms with van der Waals surface area (Å²) in [6.45, 7) is 10.4. The number of hydrogen-bond donors (Lipinski definition) is 5. The Bertz CT molecular complexity index is 1380. The molecule has 1 fully saturated rings. The molecular weight excluding hydrogens is 646 g/mol. The monoisotopic (exact) mass is 701 g/mol. The Kier molecular flexibility index (Phi) is 15.5. The van der Waals surface area contributed by atoms with E-state index in [1.165, 1.54) is 7.11 Å². The number of methoxy groups -OCH3 is 1. The van der Waals surface area contributed by atoms with Crippen LogP contribution in [0.2, 0.25) is 0 Å². The van der Waals surface area contributed by atoms with Gasteiger partial charge in [0.25, 0.3) is 5.91 Å². The average molecular weight is 702 g/mol. The van der Waals surface area contributed by atoms with E-state index in [2.05, 4.69) is 20.9 Å². The first-order valence-corrected chi connectivity index (χ1v) is 18.2. The number of aromatic hydroxyl groups is 1. The number of ether oxygens (including phenoxy) is 1. The minimum atomic E-state index is -1.04. The summed E-state index contributed by atoms with van der Waals surface area (Å²) in [6.07, 6.45) is 3.36. The third-order valence-corrected chi connectivity index (χ3v) is 10.5. The Morgan fingerprint density at radius 2 is 1.73 bits per heavy atom. The van der Waals surface area contributed by atoms with Crippen molar-refractivity contribution in [3.05, 3.63) is 45.9 Å². The van der Waals surface area contributed by atoms with Crippen molar-refractivity contribution in [3.8, 4) is 5.75 Å². The molecular formula is C36H55N5O7S. The molecule has 2 aromatic rings. The van der Waals surface area contributed by atoms with E-state index in [0.717, 1.165) is 42.7 Å². The molecule has 1 aromatic heterocycles. The molecule has 3 rings (SSSR count). The first kappa shape index (κ1) is 39.9. The van der Waals surface area contributed by atoms with Crippen molar-refractivity contribution in [2.24, 2.45) is 17.8 Å². The lowest BCUT2D eigenvalue weighted by atomic mass is 9.94. The Labute approximate surface area is 294 Å². The second-order valence-corrected chi connectivity index (χ2v) is 14.6. The van der Waals surface area contributed by atoms with Crippen LogP contribution in [0.25, 0.3) is 0 Å². The van der Waals surface area contributed by atoms with E-state index >= 15 is 0 Å². The standard InChI is InChI=1S/C36H55N5O7S/c1-8-22(4)31(40-33(45)29-11-9-10-16-41(29)6)34(46)38-27(21(2)3)19-30(43)35-39-28(20-49-35)32(44)37-25(17-23(5)36(47)48-7)18-24-12-14-26(42)15-13-24/h12-15,20-23,25,27,29-31,42-43H,8-11,16-19H2,1-7H3,(H,37,44)(H,38,46)(H,40,45)/t22?,23-,25+,27+,29+,30+,31-/m0/s1. The van der Waals surface area contributed by atoms with Crippen molar-refractivity contribution >= 4 is 35.0 Å². The zero-order valence-electron chi connectivity index (χ0n) is 29.9. The number of nitrogens with zero attached hydrogens (tertiary/aromatic N) is 2. The fourth-order valence-electron chi connectivity index (χ4n) is 6.11. The number of carbonyl (C=O) groups is 4. The molecule has 1 aromatic carbocycles. The van der Waals surface area contributed by atoms with Crippen LogP contribution in [0.1, 0.15) is 100 Å². The van der Waals surface area contributed by atoms with Crippen molar-refractivity contribution in [1.29, 1.82) is 0 Å². The lowest BCUT2D eigenvalue weighted by molar-refractivity contribution is -0.145. The van der Waals surface area contributed by atoms with Gasteiger partial charge in [0, 0.05) is 23.9 Å². The van der Waals surface area contributed by atoms with Gasteiger partial charge in [0.2, 0.25) is 11.8 Å². The highest BCUT2D eigenvalue weighted by molar-refractivity contribution is 7.09. The van der Waals surface area contributed by atoms with E-state index in [1.54, 1.807) is 36.6 Å². The van der Waals surface area contributed by atoms with Gasteiger partial charge in [0.1, 0.15) is 28.6 Å². The number of hydrogen-bond acceptors (Lipinski definition) is 10. The number of phenols is 1. The van der Waals surface area contributed by atoms with Crippen LogP contribution in [-0.4, -0.2) is 88.7 Å². The summed E-state index contributed by atoms with van der Waals surface area (Å²) in [5.41, 5.74) is 1.01. The number of rotatable bonds is 17. The Balaban J connectivity index is 1.67. The summed E-state index contributed by atoms with van der Waals surface area (Å²) in [7, 11) is 3.26. The number of benzene rings is 1. The first-order chi connectivity index (χ1) is 23.2. The highest BCUT2D eigenvalue weighted by Crippen LogP contribution is 2.26. The summed E-state index contributed by atoms with van der Waals surface area (Å²) >= 11 is 1.15. The first-order valence-electron chi connectivity index (χ1n) is 17.3. The molecule has 0 radical (unpaired) electrons. The van der Waals surface area contributed by atoms with Crippen LogP contribution in [0, 0.1) is 17.8 Å². The van der Waals surface area contributed by atoms with E-state index in [-0.39, 0.29) is 53.5 Å². The van der Waals surface area contributed by atoms with Crippen LogP contribution in [0.3, 0.4) is 0 Å². The number of aliphatic hydroxyl groups is 1. The zero-order chi connectivity index (χ0) is 36.2. The lowest BCUT2D eigenvalue weighted by Crippen LogP contribution is -2.57. The van der Waals surface area contributed by atoms with Gasteiger partial charge in [-0.25, -0.2) is 4.98 Å². The van der Waals surface area contributed by atoms with Crippen molar-refractivity contribution < 1.29 is 34.1 Å². The Morgan fingerprint density at radius 3 is 2.35 bits per heavy atom. The van der Waals surface area contributed by atoms with Gasteiger partial charge in [0.05, 0.1) is 19.1 Å². The van der Waals surface area contributed by atoms with Crippen molar-refractivity contribution in [3.63, 3.8) is 0 Å². The number of aliphatic hydroxyl groups excluding tert-OH is 1. The largest absolute Gasteiger partial charge is 0.508 e. The number of carbonyl (C=O) groups excluding carboxylic acids is 4. The van der Waals surface area contributed by atoms with Crippen LogP contribution in [0.4, 0.5) is 0 Å². The molecule has 12 nitrogen and oxygen atoms in total. The zero-order valence-corrected chi connectivity index (χ0v) is 30.7. The molecule has 0 aliphatic carbocycles. The van der Waals surface area contributed by atoms with Crippen molar-refractivity contribution in [1.82, 2.24) is 25.8 Å². The van der Waals surface area contributed by atoms with Crippen molar-refractivity contribution in [2.75, 3.05) is 20.7 Å².